The molecule has 0 aromatic carbocycles. The molecule has 4 nitrogen and oxygen atoms in total. The van der Waals surface area contributed by atoms with Crippen LogP contribution in [0.1, 0.15) is 245 Å². The van der Waals surface area contributed by atoms with Crippen LogP contribution in [0.15, 0.2) is 72.9 Å². The van der Waals surface area contributed by atoms with Crippen molar-refractivity contribution < 1.29 is 19.4 Å². The number of hydrogen-bond acceptors (Lipinski definition) is 4. The number of ether oxygens (including phenoxy) is 2. The maximum Gasteiger partial charge on any atom is 0.306 e. The van der Waals surface area contributed by atoms with Gasteiger partial charge in [0.15, 0.2) is 0 Å². The smallest absolute Gasteiger partial charge is 0.306 e. The van der Waals surface area contributed by atoms with Crippen LogP contribution in [0.4, 0.5) is 0 Å². The SMILES string of the molecule is CC/C=C\C/C=C\C/C=C\C/C=C\C/C=C\CCCCCCCCCCOCC(CO)OC(=O)CCCCCCCCCCCCC/C=C\CCCCCCCCCC. The summed E-state index contributed by atoms with van der Waals surface area (Å²) >= 11 is 0. The summed E-state index contributed by atoms with van der Waals surface area (Å²) in [6.07, 6.45) is 71.3. The van der Waals surface area contributed by atoms with Crippen molar-refractivity contribution in [3.8, 4) is 0 Å². The van der Waals surface area contributed by atoms with Crippen molar-refractivity contribution in [1.29, 1.82) is 0 Å². The first-order valence-corrected chi connectivity index (χ1v) is 25.5. The van der Waals surface area contributed by atoms with Gasteiger partial charge < -0.3 is 14.6 Å². The Morgan fingerprint density at radius 1 is 0.424 bits per heavy atom. The molecule has 1 unspecified atom stereocenters. The van der Waals surface area contributed by atoms with E-state index in [1.54, 1.807) is 0 Å². The molecule has 0 rings (SSSR count). The van der Waals surface area contributed by atoms with Gasteiger partial charge in [-0.15, -0.1) is 0 Å². The second-order valence-corrected chi connectivity index (χ2v) is 16.9. The molecule has 0 radical (unpaired) electrons. The van der Waals surface area contributed by atoms with E-state index in [1.165, 1.54) is 173 Å². The average molecular weight is 823 g/mol. The molecule has 0 fully saturated rings. The number of carbonyl (C=O) groups is 1. The first-order chi connectivity index (χ1) is 29.2. The Bertz CT molecular complexity index is 1000. The fourth-order valence-electron chi connectivity index (χ4n) is 7.23. The molecule has 0 bridgehead atoms. The van der Waals surface area contributed by atoms with Crippen LogP contribution in [-0.4, -0.2) is 37.0 Å². The monoisotopic (exact) mass is 823 g/mol. The molecule has 0 aliphatic carbocycles. The van der Waals surface area contributed by atoms with Gasteiger partial charge in [-0.2, -0.15) is 0 Å². The maximum atomic E-state index is 12.3. The van der Waals surface area contributed by atoms with Gasteiger partial charge in [0.05, 0.1) is 13.2 Å². The fraction of sp³-hybridized carbons (Fsp3) is 0.764. The largest absolute Gasteiger partial charge is 0.457 e. The molecule has 0 aromatic rings. The fourth-order valence-corrected chi connectivity index (χ4v) is 7.23. The molecule has 0 spiro atoms. The Kier molecular flexibility index (Phi) is 50.1. The van der Waals surface area contributed by atoms with Gasteiger partial charge in [0.1, 0.15) is 6.10 Å². The summed E-state index contributed by atoms with van der Waals surface area (Å²) in [5, 5.41) is 9.65. The Labute approximate surface area is 367 Å². The Morgan fingerprint density at radius 3 is 1.17 bits per heavy atom. The van der Waals surface area contributed by atoms with Crippen LogP contribution in [0.2, 0.25) is 0 Å². The number of allylic oxidation sites excluding steroid dienone is 12. The summed E-state index contributed by atoms with van der Waals surface area (Å²) in [6.45, 7) is 5.23. The lowest BCUT2D eigenvalue weighted by molar-refractivity contribution is -0.154. The number of rotatable bonds is 47. The highest BCUT2D eigenvalue weighted by molar-refractivity contribution is 5.69. The molecule has 0 saturated carbocycles. The zero-order valence-corrected chi connectivity index (χ0v) is 39.3. The van der Waals surface area contributed by atoms with Gasteiger partial charge in [0.25, 0.3) is 0 Å². The van der Waals surface area contributed by atoms with Crippen molar-refractivity contribution in [2.45, 2.75) is 251 Å². The predicted octanol–water partition coefficient (Wildman–Crippen LogP) is 17.3. The molecular weight excluding hydrogens is 725 g/mol. The molecule has 4 heteroatoms. The topological polar surface area (TPSA) is 55.8 Å². The minimum Gasteiger partial charge on any atom is -0.457 e. The lowest BCUT2D eigenvalue weighted by Gasteiger charge is -2.16. The summed E-state index contributed by atoms with van der Waals surface area (Å²) in [5.41, 5.74) is 0. The maximum absolute atomic E-state index is 12.3. The van der Waals surface area contributed by atoms with Gasteiger partial charge in [-0.3, -0.25) is 4.79 Å². The van der Waals surface area contributed by atoms with E-state index < -0.39 is 6.10 Å². The van der Waals surface area contributed by atoms with Crippen LogP contribution >= 0.6 is 0 Å². The average Bonchev–Trinajstić information content (AvgIpc) is 3.24. The van der Waals surface area contributed by atoms with Crippen LogP contribution in [0, 0.1) is 0 Å². The van der Waals surface area contributed by atoms with Gasteiger partial charge in [-0.25, -0.2) is 0 Å². The summed E-state index contributed by atoms with van der Waals surface area (Å²) in [7, 11) is 0. The van der Waals surface area contributed by atoms with Gasteiger partial charge in [0.2, 0.25) is 0 Å². The molecule has 0 aliphatic heterocycles. The van der Waals surface area contributed by atoms with Gasteiger partial charge >= 0.3 is 5.97 Å². The van der Waals surface area contributed by atoms with E-state index in [0.29, 0.717) is 13.0 Å². The van der Waals surface area contributed by atoms with Gasteiger partial charge in [-0.1, -0.05) is 228 Å². The molecule has 1 atom stereocenters. The van der Waals surface area contributed by atoms with Crippen molar-refractivity contribution in [1.82, 2.24) is 0 Å². The molecule has 342 valence electrons. The van der Waals surface area contributed by atoms with E-state index in [2.05, 4.69) is 86.8 Å². The Balaban J connectivity index is 3.44. The van der Waals surface area contributed by atoms with Crippen molar-refractivity contribution in [3.05, 3.63) is 72.9 Å². The number of esters is 1. The first-order valence-electron chi connectivity index (χ1n) is 25.5. The molecule has 0 aliphatic rings. The first kappa shape index (κ1) is 56.8. The second kappa shape index (κ2) is 52.0. The molecule has 0 amide bonds. The molecule has 0 saturated heterocycles. The van der Waals surface area contributed by atoms with Crippen molar-refractivity contribution >= 4 is 5.97 Å². The van der Waals surface area contributed by atoms with Gasteiger partial charge in [0, 0.05) is 13.0 Å². The second-order valence-electron chi connectivity index (χ2n) is 16.9. The Hall–Kier alpha value is -2.17. The highest BCUT2D eigenvalue weighted by Gasteiger charge is 2.13. The number of carbonyl (C=O) groups excluding carboxylic acids is 1. The molecule has 59 heavy (non-hydrogen) atoms. The molecule has 1 N–H and O–H groups in total. The highest BCUT2D eigenvalue weighted by atomic mass is 16.6. The number of unbranched alkanes of at least 4 members (excludes halogenated alkanes) is 27. The predicted molar refractivity (Wildman–Crippen MR) is 260 cm³/mol. The molecule has 0 aromatic heterocycles. The van der Waals surface area contributed by atoms with Crippen LogP contribution in [0.3, 0.4) is 0 Å². The normalized spacial score (nSPS) is 12.9. The third-order valence-corrected chi connectivity index (χ3v) is 11.0. The van der Waals surface area contributed by atoms with Crippen LogP contribution in [-0.2, 0) is 14.3 Å². The van der Waals surface area contributed by atoms with Crippen LogP contribution in [0.5, 0.6) is 0 Å². The summed E-state index contributed by atoms with van der Waals surface area (Å²) in [6, 6.07) is 0. The number of hydrogen-bond donors (Lipinski definition) is 1. The van der Waals surface area contributed by atoms with E-state index >= 15 is 0 Å². The summed E-state index contributed by atoms with van der Waals surface area (Å²) in [4.78, 5) is 12.3. The minimum atomic E-state index is -0.543. The third-order valence-electron chi connectivity index (χ3n) is 11.0. The quantitative estimate of drug-likeness (QED) is 0.0377. The molecular formula is C55H98O4. The van der Waals surface area contributed by atoms with E-state index in [1.807, 2.05) is 0 Å². The van der Waals surface area contributed by atoms with Crippen molar-refractivity contribution in [3.63, 3.8) is 0 Å². The van der Waals surface area contributed by atoms with E-state index in [9.17, 15) is 9.90 Å². The van der Waals surface area contributed by atoms with Crippen molar-refractivity contribution in [2.75, 3.05) is 19.8 Å². The standard InChI is InChI=1S/C55H98O4/c1-3-5-7-9-11-13-15-17-19-21-23-25-27-29-31-33-35-37-39-41-43-45-47-49-51-58-53-54(52-56)59-55(57)50-48-46-44-42-40-38-36-34-32-30-28-26-24-22-20-18-16-14-12-10-8-6-4-2/h5,7,11,13,17,19,22-25,29,31,54,56H,3-4,6,8-10,12,14-16,18,20-21,26-28,30,32-53H2,1-2H3/b7-5-,13-11-,19-17-,24-22-,25-23-,31-29-. The Morgan fingerprint density at radius 2 is 0.763 bits per heavy atom. The number of aliphatic hydroxyl groups is 1. The highest BCUT2D eigenvalue weighted by Crippen LogP contribution is 2.15. The van der Waals surface area contributed by atoms with Gasteiger partial charge in [-0.05, 0) is 83.5 Å². The van der Waals surface area contributed by atoms with E-state index in [-0.39, 0.29) is 19.2 Å². The zero-order chi connectivity index (χ0) is 42.6. The van der Waals surface area contributed by atoms with E-state index in [4.69, 9.17) is 9.47 Å². The van der Waals surface area contributed by atoms with Crippen LogP contribution in [0.25, 0.3) is 0 Å². The molecule has 0 heterocycles. The number of aliphatic hydroxyl groups excluding tert-OH is 1. The lowest BCUT2D eigenvalue weighted by atomic mass is 10.0. The third kappa shape index (κ3) is 50.1. The lowest BCUT2D eigenvalue weighted by Crippen LogP contribution is -2.27. The minimum absolute atomic E-state index is 0.177. The van der Waals surface area contributed by atoms with Crippen molar-refractivity contribution in [2.24, 2.45) is 0 Å². The zero-order valence-electron chi connectivity index (χ0n) is 39.3. The summed E-state index contributed by atoms with van der Waals surface area (Å²) < 4.78 is 11.2. The van der Waals surface area contributed by atoms with E-state index in [0.717, 1.165) is 51.4 Å². The van der Waals surface area contributed by atoms with Crippen LogP contribution < -0.4 is 0 Å². The summed E-state index contributed by atoms with van der Waals surface area (Å²) in [5.74, 6) is -0.204.